The lowest BCUT2D eigenvalue weighted by Gasteiger charge is -2.10. The van der Waals surface area contributed by atoms with Crippen molar-refractivity contribution in [2.45, 2.75) is 12.3 Å². The summed E-state index contributed by atoms with van der Waals surface area (Å²) in [5, 5.41) is 2.85. The van der Waals surface area contributed by atoms with Crippen LogP contribution in [-0.2, 0) is 17.1 Å². The summed E-state index contributed by atoms with van der Waals surface area (Å²) in [6.07, 6.45) is 8.83. The van der Waals surface area contributed by atoms with Crippen molar-refractivity contribution in [2.24, 2.45) is 0 Å². The molecule has 0 saturated carbocycles. The van der Waals surface area contributed by atoms with Crippen LogP contribution in [0, 0.1) is 0 Å². The van der Waals surface area contributed by atoms with E-state index in [0.717, 1.165) is 23.4 Å². The molecule has 0 aliphatic carbocycles. The Hall–Kier alpha value is -2.25. The van der Waals surface area contributed by atoms with Crippen molar-refractivity contribution in [1.82, 2.24) is 15.2 Å². The highest BCUT2D eigenvalue weighted by molar-refractivity contribution is 7.99. The summed E-state index contributed by atoms with van der Waals surface area (Å²) in [7, 11) is 4.04. The first kappa shape index (κ1) is 20.1. The Kier molecular flexibility index (Phi) is 8.78. The van der Waals surface area contributed by atoms with Gasteiger partial charge in [-0.15, -0.1) is 11.8 Å². The minimum Gasteiger partial charge on any atom is -0.473 e. The van der Waals surface area contributed by atoms with Gasteiger partial charge in [-0.25, -0.2) is 4.98 Å². The van der Waals surface area contributed by atoms with Crippen LogP contribution in [0.15, 0.2) is 53.5 Å². The number of ether oxygens (including phenoxy) is 1. The van der Waals surface area contributed by atoms with Gasteiger partial charge < -0.3 is 19.4 Å². The van der Waals surface area contributed by atoms with Crippen LogP contribution in [0.3, 0.4) is 0 Å². The van der Waals surface area contributed by atoms with Crippen LogP contribution in [-0.4, -0.2) is 48.8 Å². The number of carbonyl (C=O) groups is 1. The third-order valence-corrected chi connectivity index (χ3v) is 4.30. The maximum absolute atomic E-state index is 11.7. The van der Waals surface area contributed by atoms with E-state index in [0.29, 0.717) is 24.8 Å². The van der Waals surface area contributed by atoms with Crippen molar-refractivity contribution in [2.75, 3.05) is 33.0 Å². The van der Waals surface area contributed by atoms with Gasteiger partial charge in [0.15, 0.2) is 0 Å². The van der Waals surface area contributed by atoms with E-state index in [1.54, 1.807) is 30.5 Å². The van der Waals surface area contributed by atoms with Gasteiger partial charge in [0.1, 0.15) is 6.61 Å². The van der Waals surface area contributed by atoms with Crippen molar-refractivity contribution < 1.29 is 13.9 Å². The highest BCUT2D eigenvalue weighted by Gasteiger charge is 2.01. The standard InChI is InChI=1S/C19H25N3O3S/c1-22(2)12-16-5-8-21-19(11-16)25-9-4-3-7-20-18(23)15-26-14-17-6-10-24-13-17/h3-6,8,10-11,13H,7,9,12,14-15H2,1-2H3,(H,20,23)/b4-3+. The fourth-order valence-electron chi connectivity index (χ4n) is 2.14. The molecule has 1 N–H and O–H groups in total. The van der Waals surface area contributed by atoms with Gasteiger partial charge >= 0.3 is 0 Å². The summed E-state index contributed by atoms with van der Waals surface area (Å²) in [5.74, 6) is 1.82. The highest BCUT2D eigenvalue weighted by Crippen LogP contribution is 2.12. The number of pyridine rings is 1. The van der Waals surface area contributed by atoms with E-state index in [9.17, 15) is 4.79 Å². The molecule has 6 nitrogen and oxygen atoms in total. The largest absolute Gasteiger partial charge is 0.473 e. The second-order valence-corrected chi connectivity index (χ2v) is 6.94. The molecule has 2 heterocycles. The van der Waals surface area contributed by atoms with E-state index in [1.165, 1.54) is 0 Å². The topological polar surface area (TPSA) is 67.6 Å². The van der Waals surface area contributed by atoms with E-state index in [1.807, 2.05) is 44.4 Å². The summed E-state index contributed by atoms with van der Waals surface area (Å²) in [6, 6.07) is 5.81. The fraction of sp³-hybridized carbons (Fsp3) is 0.368. The van der Waals surface area contributed by atoms with E-state index < -0.39 is 0 Å². The maximum Gasteiger partial charge on any atom is 0.230 e. The van der Waals surface area contributed by atoms with Gasteiger partial charge in [0.2, 0.25) is 11.8 Å². The molecule has 0 aliphatic heterocycles. The van der Waals surface area contributed by atoms with Crippen molar-refractivity contribution in [3.05, 3.63) is 60.2 Å². The molecule has 0 saturated heterocycles. The molecule has 140 valence electrons. The molecule has 0 aromatic carbocycles. The zero-order valence-electron chi connectivity index (χ0n) is 15.2. The van der Waals surface area contributed by atoms with Crippen LogP contribution >= 0.6 is 11.8 Å². The molecule has 0 radical (unpaired) electrons. The molecule has 1 amide bonds. The zero-order chi connectivity index (χ0) is 18.6. The SMILES string of the molecule is CN(C)Cc1ccnc(OC/C=C/CNC(=O)CSCc2ccoc2)c1. The molecular formula is C19H25N3O3S. The number of nitrogens with one attached hydrogen (secondary N) is 1. The van der Waals surface area contributed by atoms with Gasteiger partial charge in [-0.05, 0) is 37.9 Å². The number of thioether (sulfide) groups is 1. The number of hydrogen-bond acceptors (Lipinski definition) is 6. The molecule has 0 bridgehead atoms. The van der Waals surface area contributed by atoms with E-state index in [2.05, 4.69) is 15.2 Å². The van der Waals surface area contributed by atoms with Gasteiger partial charge in [0, 0.05) is 36.7 Å². The second-order valence-electron chi connectivity index (χ2n) is 5.95. The predicted octanol–water partition coefficient (Wildman–Crippen LogP) is 2.72. The smallest absolute Gasteiger partial charge is 0.230 e. The summed E-state index contributed by atoms with van der Waals surface area (Å²) >= 11 is 1.56. The first-order chi connectivity index (χ1) is 12.6. The highest BCUT2D eigenvalue weighted by atomic mass is 32.2. The zero-order valence-corrected chi connectivity index (χ0v) is 16.0. The molecule has 0 unspecified atom stereocenters. The van der Waals surface area contributed by atoms with Gasteiger partial charge in [-0.2, -0.15) is 0 Å². The molecule has 2 aromatic heterocycles. The number of rotatable bonds is 11. The minimum atomic E-state index is 0.0158. The summed E-state index contributed by atoms with van der Waals surface area (Å²) in [6.45, 7) is 1.76. The monoisotopic (exact) mass is 375 g/mol. The average Bonchev–Trinajstić information content (AvgIpc) is 3.11. The molecular weight excluding hydrogens is 350 g/mol. The Morgan fingerprint density at radius 2 is 2.23 bits per heavy atom. The van der Waals surface area contributed by atoms with E-state index in [4.69, 9.17) is 9.15 Å². The second kappa shape index (κ2) is 11.4. The number of carbonyl (C=O) groups excluding carboxylic acids is 1. The van der Waals surface area contributed by atoms with Crippen LogP contribution in [0.1, 0.15) is 11.1 Å². The van der Waals surface area contributed by atoms with Crippen LogP contribution in [0.4, 0.5) is 0 Å². The lowest BCUT2D eigenvalue weighted by Crippen LogP contribution is -2.25. The van der Waals surface area contributed by atoms with Crippen LogP contribution in [0.2, 0.25) is 0 Å². The van der Waals surface area contributed by atoms with E-state index in [-0.39, 0.29) is 5.91 Å². The number of furan rings is 1. The molecule has 0 spiro atoms. The maximum atomic E-state index is 11.7. The van der Waals surface area contributed by atoms with Gasteiger partial charge in [0.05, 0.1) is 18.3 Å². The van der Waals surface area contributed by atoms with Crippen LogP contribution in [0.25, 0.3) is 0 Å². The Bertz CT molecular complexity index is 687. The molecule has 26 heavy (non-hydrogen) atoms. The predicted molar refractivity (Wildman–Crippen MR) is 104 cm³/mol. The van der Waals surface area contributed by atoms with Gasteiger partial charge in [-0.3, -0.25) is 4.79 Å². The Balaban J connectivity index is 1.57. The molecule has 2 rings (SSSR count). The Morgan fingerprint density at radius 3 is 3.00 bits per heavy atom. The van der Waals surface area contributed by atoms with Crippen molar-refractivity contribution in [3.8, 4) is 5.88 Å². The molecule has 0 fully saturated rings. The third kappa shape index (κ3) is 8.22. The van der Waals surface area contributed by atoms with Gasteiger partial charge in [-0.1, -0.05) is 6.08 Å². The summed E-state index contributed by atoms with van der Waals surface area (Å²) in [5.41, 5.74) is 2.24. The third-order valence-electron chi connectivity index (χ3n) is 3.29. The summed E-state index contributed by atoms with van der Waals surface area (Å²) < 4.78 is 10.6. The summed E-state index contributed by atoms with van der Waals surface area (Å²) in [4.78, 5) is 18.0. The molecule has 2 aromatic rings. The number of hydrogen-bond donors (Lipinski definition) is 1. The normalized spacial score (nSPS) is 11.2. The number of aromatic nitrogens is 1. The van der Waals surface area contributed by atoms with Gasteiger partial charge in [0.25, 0.3) is 0 Å². The molecule has 0 aliphatic rings. The fourth-order valence-corrected chi connectivity index (χ4v) is 2.93. The Morgan fingerprint density at radius 1 is 1.35 bits per heavy atom. The van der Waals surface area contributed by atoms with Crippen molar-refractivity contribution >= 4 is 17.7 Å². The lowest BCUT2D eigenvalue weighted by molar-refractivity contribution is -0.118. The quantitative estimate of drug-likeness (QED) is 0.609. The van der Waals surface area contributed by atoms with Crippen LogP contribution < -0.4 is 10.1 Å². The van der Waals surface area contributed by atoms with Crippen LogP contribution in [0.5, 0.6) is 5.88 Å². The van der Waals surface area contributed by atoms with Crippen molar-refractivity contribution in [3.63, 3.8) is 0 Å². The van der Waals surface area contributed by atoms with Crippen molar-refractivity contribution in [1.29, 1.82) is 0 Å². The minimum absolute atomic E-state index is 0.0158. The molecule has 7 heteroatoms. The first-order valence-corrected chi connectivity index (χ1v) is 9.52. The lowest BCUT2D eigenvalue weighted by atomic mass is 10.2. The molecule has 0 atom stereocenters. The number of nitrogens with zero attached hydrogens (tertiary/aromatic N) is 2. The Labute approximate surface area is 158 Å². The van der Waals surface area contributed by atoms with E-state index >= 15 is 0 Å². The first-order valence-electron chi connectivity index (χ1n) is 8.36. The average molecular weight is 375 g/mol. The number of amides is 1.